The third-order valence-electron chi connectivity index (χ3n) is 4.73. The van der Waals surface area contributed by atoms with E-state index in [1.165, 1.54) is 5.56 Å². The summed E-state index contributed by atoms with van der Waals surface area (Å²) in [5.74, 6) is 0.736. The maximum atomic E-state index is 12.6. The summed E-state index contributed by atoms with van der Waals surface area (Å²) < 4.78 is 0. The summed E-state index contributed by atoms with van der Waals surface area (Å²) >= 11 is 5.90. The molecule has 0 radical (unpaired) electrons. The zero-order chi connectivity index (χ0) is 15.4. The van der Waals surface area contributed by atoms with E-state index < -0.39 is 0 Å². The van der Waals surface area contributed by atoms with Crippen LogP contribution in [0.1, 0.15) is 31.7 Å². The highest BCUT2D eigenvalue weighted by Gasteiger charge is 2.34. The molecular formula is C17H26Cl2N2O. The van der Waals surface area contributed by atoms with Gasteiger partial charge >= 0.3 is 0 Å². The van der Waals surface area contributed by atoms with Crippen LogP contribution in [0.2, 0.25) is 5.02 Å². The third-order valence-corrected chi connectivity index (χ3v) is 4.98. The first kappa shape index (κ1) is 19.3. The average molecular weight is 345 g/mol. The second-order valence-corrected chi connectivity index (χ2v) is 6.60. The number of rotatable bonds is 5. The minimum absolute atomic E-state index is 0. The molecule has 3 nitrogen and oxygen atoms in total. The lowest BCUT2D eigenvalue weighted by Gasteiger charge is -2.29. The highest BCUT2D eigenvalue weighted by molar-refractivity contribution is 6.30. The minimum atomic E-state index is 0. The van der Waals surface area contributed by atoms with Crippen molar-refractivity contribution in [2.45, 2.75) is 38.6 Å². The number of nitrogens with two attached hydrogens (primary N) is 1. The smallest absolute Gasteiger partial charge is 0.226 e. The van der Waals surface area contributed by atoms with Crippen LogP contribution in [0.4, 0.5) is 0 Å². The largest absolute Gasteiger partial charge is 0.342 e. The van der Waals surface area contributed by atoms with E-state index in [4.69, 9.17) is 17.3 Å². The van der Waals surface area contributed by atoms with Crippen molar-refractivity contribution in [2.75, 3.05) is 13.6 Å². The summed E-state index contributed by atoms with van der Waals surface area (Å²) in [6.07, 6.45) is 4.04. The van der Waals surface area contributed by atoms with Crippen molar-refractivity contribution < 1.29 is 4.79 Å². The highest BCUT2D eigenvalue weighted by atomic mass is 35.5. The molecule has 0 bridgehead atoms. The maximum absolute atomic E-state index is 12.6. The zero-order valence-corrected chi connectivity index (χ0v) is 14.9. The molecule has 0 saturated heterocycles. The Labute approximate surface area is 144 Å². The normalized spacial score (nSPS) is 22.0. The molecule has 1 unspecified atom stereocenters. The van der Waals surface area contributed by atoms with Crippen molar-refractivity contribution in [1.29, 1.82) is 0 Å². The molecule has 3 atom stereocenters. The summed E-state index contributed by atoms with van der Waals surface area (Å²) in [4.78, 5) is 14.5. The van der Waals surface area contributed by atoms with Gasteiger partial charge in [0, 0.05) is 24.0 Å². The number of hydrogen-bond acceptors (Lipinski definition) is 2. The van der Waals surface area contributed by atoms with Gasteiger partial charge in [-0.05, 0) is 56.3 Å². The van der Waals surface area contributed by atoms with E-state index >= 15 is 0 Å². The van der Waals surface area contributed by atoms with Crippen LogP contribution in [-0.2, 0) is 11.2 Å². The molecule has 0 spiro atoms. The summed E-state index contributed by atoms with van der Waals surface area (Å²) in [6, 6.07) is 8.02. The van der Waals surface area contributed by atoms with Crippen LogP contribution in [0, 0.1) is 11.8 Å². The van der Waals surface area contributed by atoms with Crippen molar-refractivity contribution in [3.8, 4) is 0 Å². The van der Waals surface area contributed by atoms with Crippen molar-refractivity contribution in [3.05, 3.63) is 34.9 Å². The molecule has 1 amide bonds. The molecular weight excluding hydrogens is 319 g/mol. The Kier molecular flexibility index (Phi) is 7.67. The summed E-state index contributed by atoms with van der Waals surface area (Å²) in [5, 5.41) is 0.743. The molecule has 0 aliphatic heterocycles. The van der Waals surface area contributed by atoms with E-state index in [2.05, 4.69) is 6.92 Å². The summed E-state index contributed by atoms with van der Waals surface area (Å²) in [5.41, 5.74) is 6.99. The van der Waals surface area contributed by atoms with Gasteiger partial charge in [0.25, 0.3) is 0 Å². The fraction of sp³-hybridized carbons (Fsp3) is 0.588. The monoisotopic (exact) mass is 344 g/mol. The van der Waals surface area contributed by atoms with Crippen LogP contribution in [0.25, 0.3) is 0 Å². The predicted molar refractivity (Wildman–Crippen MR) is 94.5 cm³/mol. The quantitative estimate of drug-likeness (QED) is 0.887. The molecule has 1 aliphatic rings. The van der Waals surface area contributed by atoms with Crippen LogP contribution < -0.4 is 5.73 Å². The standard InChI is InChI=1S/C17H25ClN2O.ClH/c1-12(10-13-6-8-15(18)9-7-13)20(2)17(21)16-5-3-4-14(16)11-19;/h6-9,12,14,16H,3-5,10-11,19H2,1-2H3;1H/t12?,14-,16-;/m1./s1. The van der Waals surface area contributed by atoms with E-state index in [1.54, 1.807) is 0 Å². The Morgan fingerprint density at radius 1 is 1.36 bits per heavy atom. The van der Waals surface area contributed by atoms with Gasteiger partial charge in [-0.3, -0.25) is 4.79 Å². The van der Waals surface area contributed by atoms with E-state index in [9.17, 15) is 4.79 Å². The molecule has 1 saturated carbocycles. The van der Waals surface area contributed by atoms with Gasteiger partial charge in [0.15, 0.2) is 0 Å². The fourth-order valence-electron chi connectivity index (χ4n) is 3.22. The molecule has 1 aliphatic carbocycles. The molecule has 0 heterocycles. The number of nitrogens with zero attached hydrogens (tertiary/aromatic N) is 1. The zero-order valence-electron chi connectivity index (χ0n) is 13.3. The number of hydrogen-bond donors (Lipinski definition) is 1. The summed E-state index contributed by atoms with van der Waals surface area (Å²) in [7, 11) is 1.91. The lowest BCUT2D eigenvalue weighted by atomic mass is 9.94. The van der Waals surface area contributed by atoms with Gasteiger partial charge in [-0.2, -0.15) is 0 Å². The van der Waals surface area contributed by atoms with Crippen LogP contribution in [0.3, 0.4) is 0 Å². The van der Waals surface area contributed by atoms with Gasteiger partial charge in [0.1, 0.15) is 0 Å². The highest BCUT2D eigenvalue weighted by Crippen LogP contribution is 2.32. The lowest BCUT2D eigenvalue weighted by molar-refractivity contribution is -0.137. The van der Waals surface area contributed by atoms with Crippen LogP contribution >= 0.6 is 24.0 Å². The van der Waals surface area contributed by atoms with E-state index in [1.807, 2.05) is 36.2 Å². The molecule has 124 valence electrons. The lowest BCUT2D eigenvalue weighted by Crippen LogP contribution is -2.42. The predicted octanol–water partition coefficient (Wildman–Crippen LogP) is 3.53. The molecule has 1 fully saturated rings. The summed E-state index contributed by atoms with van der Waals surface area (Å²) in [6.45, 7) is 2.72. The van der Waals surface area contributed by atoms with E-state index in [0.29, 0.717) is 12.5 Å². The second-order valence-electron chi connectivity index (χ2n) is 6.16. The number of likely N-dealkylation sites (N-methyl/N-ethyl adjacent to an activating group) is 1. The first-order valence-electron chi connectivity index (χ1n) is 7.74. The molecule has 1 aromatic carbocycles. The average Bonchev–Trinajstić information content (AvgIpc) is 2.96. The van der Waals surface area contributed by atoms with E-state index in [-0.39, 0.29) is 30.3 Å². The van der Waals surface area contributed by atoms with Crippen LogP contribution in [-0.4, -0.2) is 30.4 Å². The van der Waals surface area contributed by atoms with Crippen molar-refractivity contribution in [1.82, 2.24) is 4.90 Å². The number of benzene rings is 1. The van der Waals surface area contributed by atoms with Crippen LogP contribution in [0.5, 0.6) is 0 Å². The third kappa shape index (κ3) is 4.61. The Morgan fingerprint density at radius 2 is 2.00 bits per heavy atom. The molecule has 2 rings (SSSR count). The Bertz CT molecular complexity index is 478. The number of carbonyl (C=O) groups is 1. The SMILES string of the molecule is CC(Cc1ccc(Cl)cc1)N(C)C(=O)[C@@H]1CCC[C@@H]1CN.Cl. The van der Waals surface area contributed by atoms with Gasteiger partial charge in [0.05, 0.1) is 0 Å². The maximum Gasteiger partial charge on any atom is 0.226 e. The fourth-order valence-corrected chi connectivity index (χ4v) is 3.35. The van der Waals surface area contributed by atoms with E-state index in [0.717, 1.165) is 30.7 Å². The van der Waals surface area contributed by atoms with Gasteiger partial charge in [-0.15, -0.1) is 12.4 Å². The molecule has 22 heavy (non-hydrogen) atoms. The second kappa shape index (κ2) is 8.76. The van der Waals surface area contributed by atoms with Crippen molar-refractivity contribution in [3.63, 3.8) is 0 Å². The van der Waals surface area contributed by atoms with Gasteiger partial charge in [-0.1, -0.05) is 30.2 Å². The van der Waals surface area contributed by atoms with Gasteiger partial charge in [-0.25, -0.2) is 0 Å². The number of halogens is 2. The van der Waals surface area contributed by atoms with Gasteiger partial charge < -0.3 is 10.6 Å². The number of carbonyl (C=O) groups excluding carboxylic acids is 1. The first-order chi connectivity index (χ1) is 10.0. The van der Waals surface area contributed by atoms with Crippen LogP contribution in [0.15, 0.2) is 24.3 Å². The minimum Gasteiger partial charge on any atom is -0.342 e. The van der Waals surface area contributed by atoms with Crippen molar-refractivity contribution in [2.24, 2.45) is 17.6 Å². The molecule has 0 aromatic heterocycles. The molecule has 1 aromatic rings. The number of amides is 1. The Morgan fingerprint density at radius 3 is 2.59 bits per heavy atom. The topological polar surface area (TPSA) is 46.3 Å². The Balaban J connectivity index is 0.00000242. The molecule has 5 heteroatoms. The van der Waals surface area contributed by atoms with Crippen molar-refractivity contribution >= 4 is 29.9 Å². The molecule has 2 N–H and O–H groups in total. The Hall–Kier alpha value is -0.770. The first-order valence-corrected chi connectivity index (χ1v) is 8.12. The van der Waals surface area contributed by atoms with Gasteiger partial charge in [0.2, 0.25) is 5.91 Å².